The molecular weight excluding hydrogens is 416 g/mol. The van der Waals surface area contributed by atoms with Crippen molar-refractivity contribution < 1.29 is 19.4 Å². The number of likely N-dealkylation sites (tertiary alicyclic amines) is 1. The molecule has 0 saturated carbocycles. The van der Waals surface area contributed by atoms with E-state index in [-0.39, 0.29) is 29.9 Å². The van der Waals surface area contributed by atoms with Crippen LogP contribution in [0.3, 0.4) is 0 Å². The largest absolute Gasteiger partial charge is 0.480 e. The molecule has 160 valence electrons. The van der Waals surface area contributed by atoms with Gasteiger partial charge in [-0.05, 0) is 35.9 Å². The zero-order valence-corrected chi connectivity index (χ0v) is 17.6. The number of carbonyl (C=O) groups excluding carboxylic acids is 1. The van der Waals surface area contributed by atoms with Gasteiger partial charge in [-0.3, -0.25) is 9.59 Å². The standard InChI is InChI=1S/C23H22N2O5S/c26-20-6-5-17(19-8-15-3-1-2-4-18(15)31-19)23-16-7-14(10-25(20)23)9-24(11-16)21(27)12-30-13-22(28)29/h1-6,8,14,16H,7,9-13H2,(H,28,29)/t14-,16-/m0/s1. The number of thiophene rings is 1. The van der Waals surface area contributed by atoms with Crippen LogP contribution < -0.4 is 5.56 Å². The van der Waals surface area contributed by atoms with Gasteiger partial charge in [-0.1, -0.05) is 18.2 Å². The maximum atomic E-state index is 12.7. The fraction of sp³-hybridized carbons (Fsp3) is 0.348. The van der Waals surface area contributed by atoms with Gasteiger partial charge >= 0.3 is 5.97 Å². The Bertz CT molecular complexity index is 1200. The average Bonchev–Trinajstić information content (AvgIpc) is 3.18. The van der Waals surface area contributed by atoms with Crippen molar-refractivity contribution in [2.75, 3.05) is 26.3 Å². The summed E-state index contributed by atoms with van der Waals surface area (Å²) in [6.45, 7) is 0.929. The molecule has 1 saturated heterocycles. The van der Waals surface area contributed by atoms with Crippen molar-refractivity contribution in [1.29, 1.82) is 0 Å². The van der Waals surface area contributed by atoms with E-state index in [2.05, 4.69) is 18.2 Å². The van der Waals surface area contributed by atoms with E-state index in [1.807, 2.05) is 22.8 Å². The van der Waals surface area contributed by atoms with Crippen LogP contribution >= 0.6 is 11.3 Å². The van der Waals surface area contributed by atoms with E-state index in [1.165, 1.54) is 10.1 Å². The molecule has 0 unspecified atom stereocenters. The number of hydrogen-bond acceptors (Lipinski definition) is 5. The van der Waals surface area contributed by atoms with Crippen LogP contribution in [0.1, 0.15) is 18.0 Å². The smallest absolute Gasteiger partial charge is 0.329 e. The molecule has 3 aromatic rings. The number of carbonyl (C=O) groups is 2. The summed E-state index contributed by atoms with van der Waals surface area (Å²) in [4.78, 5) is 38.8. The number of carboxylic acids is 1. The topological polar surface area (TPSA) is 88.8 Å². The van der Waals surface area contributed by atoms with Gasteiger partial charge in [0.25, 0.3) is 5.56 Å². The Morgan fingerprint density at radius 1 is 1.10 bits per heavy atom. The number of ether oxygens (including phenoxy) is 1. The molecule has 2 aliphatic rings. The first-order valence-electron chi connectivity index (χ1n) is 10.3. The van der Waals surface area contributed by atoms with Gasteiger partial charge in [-0.25, -0.2) is 4.79 Å². The lowest BCUT2D eigenvalue weighted by Gasteiger charge is -2.43. The molecule has 2 bridgehead atoms. The molecule has 0 aliphatic carbocycles. The molecule has 31 heavy (non-hydrogen) atoms. The van der Waals surface area contributed by atoms with Gasteiger partial charge in [0.2, 0.25) is 5.91 Å². The molecule has 1 aromatic carbocycles. The minimum atomic E-state index is -1.09. The highest BCUT2D eigenvalue weighted by atomic mass is 32.1. The Kier molecular flexibility index (Phi) is 5.11. The Labute approximate surface area is 182 Å². The number of amides is 1. The minimum Gasteiger partial charge on any atom is -0.480 e. The molecule has 5 rings (SSSR count). The van der Waals surface area contributed by atoms with Crippen LogP contribution in [0, 0.1) is 5.92 Å². The first kappa shape index (κ1) is 20.0. The maximum absolute atomic E-state index is 12.7. The lowest BCUT2D eigenvalue weighted by atomic mass is 9.81. The molecule has 2 aliphatic heterocycles. The summed E-state index contributed by atoms with van der Waals surface area (Å²) in [5, 5.41) is 9.89. The number of aliphatic carboxylic acids is 1. The molecule has 1 N–H and O–H groups in total. The van der Waals surface area contributed by atoms with Gasteiger partial charge in [0.15, 0.2) is 0 Å². The molecular formula is C23H22N2O5S. The number of carboxylic acid groups (broad SMARTS) is 1. The summed E-state index contributed by atoms with van der Waals surface area (Å²) in [5.41, 5.74) is 2.05. The Balaban J connectivity index is 1.47. The molecule has 1 fully saturated rings. The summed E-state index contributed by atoms with van der Waals surface area (Å²) in [6, 6.07) is 14.0. The third-order valence-corrected chi connectivity index (χ3v) is 7.23. The number of hydrogen-bond donors (Lipinski definition) is 1. The van der Waals surface area contributed by atoms with E-state index in [0.29, 0.717) is 19.6 Å². The fourth-order valence-electron chi connectivity index (χ4n) is 4.86. The van der Waals surface area contributed by atoms with Crippen LogP contribution in [0.15, 0.2) is 47.3 Å². The normalized spacial score (nSPS) is 19.9. The van der Waals surface area contributed by atoms with Crippen molar-refractivity contribution >= 4 is 33.3 Å². The molecule has 2 aromatic heterocycles. The fourth-order valence-corrected chi connectivity index (χ4v) is 5.96. The second-order valence-electron chi connectivity index (χ2n) is 8.21. The summed E-state index contributed by atoms with van der Waals surface area (Å²) in [7, 11) is 0. The van der Waals surface area contributed by atoms with Crippen molar-refractivity contribution in [3.8, 4) is 10.4 Å². The zero-order chi connectivity index (χ0) is 21.5. The van der Waals surface area contributed by atoms with Crippen molar-refractivity contribution in [3.05, 3.63) is 58.5 Å². The monoisotopic (exact) mass is 438 g/mol. The van der Waals surface area contributed by atoms with Gasteiger partial charge in [0.1, 0.15) is 13.2 Å². The first-order chi connectivity index (χ1) is 15.0. The van der Waals surface area contributed by atoms with E-state index in [1.54, 1.807) is 22.3 Å². The summed E-state index contributed by atoms with van der Waals surface area (Å²) in [5.74, 6) is -1.04. The van der Waals surface area contributed by atoms with Crippen molar-refractivity contribution in [2.24, 2.45) is 5.92 Å². The van der Waals surface area contributed by atoms with Gasteiger partial charge < -0.3 is 19.3 Å². The highest BCUT2D eigenvalue weighted by molar-refractivity contribution is 7.22. The first-order valence-corrected chi connectivity index (χ1v) is 11.1. The van der Waals surface area contributed by atoms with Gasteiger partial charge in [0.05, 0.1) is 0 Å². The van der Waals surface area contributed by atoms with Crippen molar-refractivity contribution in [3.63, 3.8) is 0 Å². The Hall–Kier alpha value is -2.97. The van der Waals surface area contributed by atoms with Crippen LogP contribution in [-0.4, -0.2) is 52.8 Å². The number of rotatable bonds is 5. The van der Waals surface area contributed by atoms with Gasteiger partial charge in [-0.2, -0.15) is 0 Å². The van der Waals surface area contributed by atoms with Crippen LogP contribution in [0.4, 0.5) is 0 Å². The Morgan fingerprint density at radius 3 is 2.74 bits per heavy atom. The third-order valence-electron chi connectivity index (χ3n) is 6.08. The molecule has 8 heteroatoms. The Morgan fingerprint density at radius 2 is 1.94 bits per heavy atom. The van der Waals surface area contributed by atoms with Crippen LogP contribution in [0.5, 0.6) is 0 Å². The quantitative estimate of drug-likeness (QED) is 0.662. The highest BCUT2D eigenvalue weighted by Crippen LogP contribution is 2.42. The van der Waals surface area contributed by atoms with Crippen LogP contribution in [-0.2, 0) is 20.9 Å². The van der Waals surface area contributed by atoms with Crippen LogP contribution in [0.25, 0.3) is 20.5 Å². The second kappa shape index (κ2) is 7.94. The van der Waals surface area contributed by atoms with E-state index in [9.17, 15) is 14.4 Å². The van der Waals surface area contributed by atoms with Gasteiger partial charge in [0, 0.05) is 52.5 Å². The van der Waals surface area contributed by atoms with E-state index >= 15 is 0 Å². The van der Waals surface area contributed by atoms with E-state index < -0.39 is 12.6 Å². The lowest BCUT2D eigenvalue weighted by molar-refractivity contribution is -0.146. The maximum Gasteiger partial charge on any atom is 0.329 e. The summed E-state index contributed by atoms with van der Waals surface area (Å²) in [6.07, 6.45) is 0.932. The molecule has 4 heterocycles. The predicted octanol–water partition coefficient (Wildman–Crippen LogP) is 2.78. The van der Waals surface area contributed by atoms with Crippen molar-refractivity contribution in [2.45, 2.75) is 18.9 Å². The number of pyridine rings is 1. The number of nitrogens with zero attached hydrogens (tertiary/aromatic N) is 2. The third kappa shape index (κ3) is 3.77. The number of piperidine rings is 1. The van der Waals surface area contributed by atoms with Gasteiger partial charge in [-0.15, -0.1) is 11.3 Å². The summed E-state index contributed by atoms with van der Waals surface area (Å²) >= 11 is 1.71. The summed E-state index contributed by atoms with van der Waals surface area (Å²) < 4.78 is 8.09. The molecule has 0 spiro atoms. The number of fused-ring (bicyclic) bond motifs is 5. The second-order valence-corrected chi connectivity index (χ2v) is 9.30. The highest BCUT2D eigenvalue weighted by Gasteiger charge is 2.38. The number of benzene rings is 1. The van der Waals surface area contributed by atoms with Crippen molar-refractivity contribution in [1.82, 2.24) is 9.47 Å². The lowest BCUT2D eigenvalue weighted by Crippen LogP contribution is -2.50. The molecule has 0 radical (unpaired) electrons. The van der Waals surface area contributed by atoms with E-state index in [4.69, 9.17) is 9.84 Å². The molecule has 2 atom stereocenters. The number of aromatic nitrogens is 1. The predicted molar refractivity (Wildman–Crippen MR) is 117 cm³/mol. The average molecular weight is 439 g/mol. The molecule has 7 nitrogen and oxygen atoms in total. The molecule has 1 amide bonds. The zero-order valence-electron chi connectivity index (χ0n) is 16.8. The SMILES string of the molecule is O=C(O)COCC(=O)N1C[C@@H]2C[C@@H](C1)c1c(-c3cc4ccccc4s3)ccc(=O)n1C2. The minimum absolute atomic E-state index is 0.000806. The van der Waals surface area contributed by atoms with Crippen LogP contribution in [0.2, 0.25) is 0 Å². The van der Waals surface area contributed by atoms with E-state index in [0.717, 1.165) is 22.6 Å².